The topological polar surface area (TPSA) is 62.3 Å². The van der Waals surface area contributed by atoms with Crippen LogP contribution in [0, 0.1) is 0 Å². The molecule has 0 spiro atoms. The fourth-order valence-electron chi connectivity index (χ4n) is 3.10. The Bertz CT molecular complexity index is 549. The Balaban J connectivity index is 1.89. The van der Waals surface area contributed by atoms with E-state index in [0.717, 1.165) is 25.7 Å². The molecule has 20 heavy (non-hydrogen) atoms. The zero-order chi connectivity index (χ0) is 14.1. The summed E-state index contributed by atoms with van der Waals surface area (Å²) in [6, 6.07) is 1.77. The number of hydrogen-bond donors (Lipinski definition) is 1. The number of aromatic nitrogens is 1. The third kappa shape index (κ3) is 2.38. The highest BCUT2D eigenvalue weighted by molar-refractivity contribution is 6.33. The molecule has 5 nitrogen and oxygen atoms in total. The van der Waals surface area contributed by atoms with E-state index in [4.69, 9.17) is 11.6 Å². The van der Waals surface area contributed by atoms with Gasteiger partial charge in [0, 0.05) is 18.4 Å². The minimum Gasteiger partial charge on any atom is -0.350 e. The summed E-state index contributed by atoms with van der Waals surface area (Å²) in [5.74, 6) is -0.268. The number of pyridine rings is 1. The fourth-order valence-corrected chi connectivity index (χ4v) is 3.30. The third-order valence-corrected chi connectivity index (χ3v) is 4.36. The van der Waals surface area contributed by atoms with E-state index in [1.807, 2.05) is 0 Å². The van der Waals surface area contributed by atoms with E-state index in [2.05, 4.69) is 10.3 Å². The van der Waals surface area contributed by atoms with Gasteiger partial charge in [0.2, 0.25) is 5.91 Å². The average Bonchev–Trinajstić information content (AvgIpc) is 2.46. The number of hydrogen-bond acceptors (Lipinski definition) is 3. The Labute approximate surface area is 122 Å². The molecule has 0 aromatic carbocycles. The van der Waals surface area contributed by atoms with Gasteiger partial charge in [-0.25, -0.2) is 0 Å². The molecule has 1 aliphatic carbocycles. The van der Waals surface area contributed by atoms with Crippen molar-refractivity contribution in [1.29, 1.82) is 0 Å². The van der Waals surface area contributed by atoms with Gasteiger partial charge >= 0.3 is 0 Å². The second kappa shape index (κ2) is 5.40. The van der Waals surface area contributed by atoms with Crippen molar-refractivity contribution in [1.82, 2.24) is 15.2 Å². The highest BCUT2D eigenvalue weighted by Crippen LogP contribution is 2.28. The van der Waals surface area contributed by atoms with Crippen LogP contribution in [0.15, 0.2) is 18.5 Å². The lowest BCUT2D eigenvalue weighted by Crippen LogP contribution is -2.62. The molecule has 1 saturated carbocycles. The van der Waals surface area contributed by atoms with Crippen LogP contribution < -0.4 is 5.32 Å². The molecule has 1 aliphatic heterocycles. The lowest BCUT2D eigenvalue weighted by atomic mass is 9.87. The quantitative estimate of drug-likeness (QED) is 0.856. The van der Waals surface area contributed by atoms with Gasteiger partial charge < -0.3 is 10.2 Å². The Hall–Kier alpha value is -1.62. The van der Waals surface area contributed by atoms with Gasteiger partial charge in [-0.3, -0.25) is 14.6 Å². The summed E-state index contributed by atoms with van der Waals surface area (Å²) in [6.07, 6.45) is 7.05. The number of carbonyl (C=O) groups excluding carboxylic acids is 2. The van der Waals surface area contributed by atoms with Gasteiger partial charge in [0.05, 0.1) is 16.6 Å². The molecule has 1 aromatic heterocycles. The first-order chi connectivity index (χ1) is 9.66. The predicted molar refractivity (Wildman–Crippen MR) is 74.5 cm³/mol. The summed E-state index contributed by atoms with van der Waals surface area (Å²) in [7, 11) is 0. The fraction of sp³-hybridized carbons (Fsp3) is 0.500. The standard InChI is InChI=1S/C14H16ClN3O2/c15-10-7-16-6-5-9(10)14(20)18-8-13(19)17-11-3-1-2-4-12(11)18/h5-7,11-12H,1-4,8H2,(H,17,19)/t11-,12-/m0/s1. The number of nitrogens with zero attached hydrogens (tertiary/aromatic N) is 2. The van der Waals surface area contributed by atoms with Crippen LogP contribution >= 0.6 is 11.6 Å². The van der Waals surface area contributed by atoms with Crippen LogP contribution in [-0.2, 0) is 4.79 Å². The predicted octanol–water partition coefficient (Wildman–Crippen LogP) is 1.62. The average molecular weight is 294 g/mol. The molecule has 2 atom stereocenters. The van der Waals surface area contributed by atoms with Crippen LogP contribution in [0.2, 0.25) is 5.02 Å². The van der Waals surface area contributed by atoms with E-state index in [9.17, 15) is 9.59 Å². The zero-order valence-electron chi connectivity index (χ0n) is 11.0. The summed E-state index contributed by atoms with van der Waals surface area (Å²) >= 11 is 6.04. The molecule has 2 amide bonds. The zero-order valence-corrected chi connectivity index (χ0v) is 11.8. The van der Waals surface area contributed by atoms with Gasteiger partial charge in [0.15, 0.2) is 0 Å². The molecule has 0 unspecified atom stereocenters. The second-order valence-corrected chi connectivity index (χ2v) is 5.72. The van der Waals surface area contributed by atoms with Crippen LogP contribution in [0.1, 0.15) is 36.0 Å². The summed E-state index contributed by atoms with van der Waals surface area (Å²) in [6.45, 7) is 0.110. The Morgan fingerprint density at radius 3 is 3.00 bits per heavy atom. The molecule has 2 fully saturated rings. The molecular formula is C14H16ClN3O2. The molecule has 0 bridgehead atoms. The van der Waals surface area contributed by atoms with Crippen molar-refractivity contribution in [3.63, 3.8) is 0 Å². The van der Waals surface area contributed by atoms with Crippen LogP contribution in [0.3, 0.4) is 0 Å². The van der Waals surface area contributed by atoms with Crippen molar-refractivity contribution in [3.8, 4) is 0 Å². The minimum absolute atomic E-state index is 0.0783. The summed E-state index contributed by atoms with van der Waals surface area (Å²) in [4.78, 5) is 30.0. The molecule has 6 heteroatoms. The number of carbonyl (C=O) groups is 2. The van der Waals surface area contributed by atoms with E-state index in [-0.39, 0.29) is 30.4 Å². The number of nitrogens with one attached hydrogen (secondary N) is 1. The van der Waals surface area contributed by atoms with E-state index < -0.39 is 0 Å². The number of amides is 2. The van der Waals surface area contributed by atoms with E-state index in [1.165, 1.54) is 6.20 Å². The molecule has 106 valence electrons. The summed E-state index contributed by atoms with van der Waals surface area (Å²) < 4.78 is 0. The first kappa shape index (κ1) is 13.4. The molecule has 1 aromatic rings. The van der Waals surface area contributed by atoms with Crippen LogP contribution in [0.4, 0.5) is 0 Å². The van der Waals surface area contributed by atoms with Gasteiger partial charge in [-0.1, -0.05) is 24.4 Å². The van der Waals surface area contributed by atoms with Crippen molar-refractivity contribution in [3.05, 3.63) is 29.0 Å². The highest BCUT2D eigenvalue weighted by atomic mass is 35.5. The maximum Gasteiger partial charge on any atom is 0.256 e. The third-order valence-electron chi connectivity index (χ3n) is 4.05. The van der Waals surface area contributed by atoms with Crippen molar-refractivity contribution in [2.45, 2.75) is 37.8 Å². The van der Waals surface area contributed by atoms with E-state index in [1.54, 1.807) is 17.2 Å². The Morgan fingerprint density at radius 2 is 2.20 bits per heavy atom. The number of piperazine rings is 1. The second-order valence-electron chi connectivity index (χ2n) is 5.31. The molecule has 2 aliphatic rings. The molecule has 0 radical (unpaired) electrons. The first-order valence-electron chi connectivity index (χ1n) is 6.86. The molecule has 2 heterocycles. The van der Waals surface area contributed by atoms with E-state index in [0.29, 0.717) is 10.6 Å². The van der Waals surface area contributed by atoms with Gasteiger partial charge in [0.1, 0.15) is 6.54 Å². The normalized spacial score (nSPS) is 25.9. The van der Waals surface area contributed by atoms with Gasteiger partial charge in [-0.15, -0.1) is 0 Å². The highest BCUT2D eigenvalue weighted by Gasteiger charge is 2.39. The molecule has 3 rings (SSSR count). The lowest BCUT2D eigenvalue weighted by molar-refractivity contribution is -0.127. The van der Waals surface area contributed by atoms with E-state index >= 15 is 0 Å². The van der Waals surface area contributed by atoms with Crippen LogP contribution in [-0.4, -0.2) is 40.3 Å². The Morgan fingerprint density at radius 1 is 1.40 bits per heavy atom. The molecule has 1 saturated heterocycles. The van der Waals surface area contributed by atoms with Gasteiger partial charge in [-0.05, 0) is 18.9 Å². The van der Waals surface area contributed by atoms with Crippen LogP contribution in [0.25, 0.3) is 0 Å². The van der Waals surface area contributed by atoms with Crippen LogP contribution in [0.5, 0.6) is 0 Å². The summed E-state index contributed by atoms with van der Waals surface area (Å²) in [5.41, 5.74) is 0.417. The Kier molecular flexibility index (Phi) is 3.61. The van der Waals surface area contributed by atoms with Crippen molar-refractivity contribution in [2.75, 3.05) is 6.54 Å². The lowest BCUT2D eigenvalue weighted by Gasteiger charge is -2.44. The maximum absolute atomic E-state index is 12.7. The minimum atomic E-state index is -0.177. The summed E-state index contributed by atoms with van der Waals surface area (Å²) in [5, 5.41) is 3.32. The largest absolute Gasteiger partial charge is 0.350 e. The van der Waals surface area contributed by atoms with Crippen molar-refractivity contribution >= 4 is 23.4 Å². The number of halogens is 1. The van der Waals surface area contributed by atoms with Crippen molar-refractivity contribution < 1.29 is 9.59 Å². The van der Waals surface area contributed by atoms with Gasteiger partial charge in [-0.2, -0.15) is 0 Å². The molecular weight excluding hydrogens is 278 g/mol. The number of rotatable bonds is 1. The molecule has 1 N–H and O–H groups in total. The number of fused-ring (bicyclic) bond motifs is 1. The van der Waals surface area contributed by atoms with Gasteiger partial charge in [0.25, 0.3) is 5.91 Å². The smallest absolute Gasteiger partial charge is 0.256 e. The first-order valence-corrected chi connectivity index (χ1v) is 7.24. The van der Waals surface area contributed by atoms with Crippen molar-refractivity contribution in [2.24, 2.45) is 0 Å². The SMILES string of the molecule is O=C1CN(C(=O)c2ccncc2Cl)[C@H]2CCCC[C@@H]2N1. The maximum atomic E-state index is 12.7. The monoisotopic (exact) mass is 293 g/mol.